The summed E-state index contributed by atoms with van der Waals surface area (Å²) in [4.78, 5) is 0. The van der Waals surface area contributed by atoms with Crippen LogP contribution in [0.3, 0.4) is 0 Å². The van der Waals surface area contributed by atoms with Gasteiger partial charge in [-0.05, 0) is 23.8 Å². The zero-order valence-electron chi connectivity index (χ0n) is 10.3. The quantitative estimate of drug-likeness (QED) is 0.920. The molecule has 0 aliphatic rings. The fourth-order valence-electron chi connectivity index (χ4n) is 1.74. The summed E-state index contributed by atoms with van der Waals surface area (Å²) < 4.78 is 11.4. The number of hydrogen-bond acceptors (Lipinski definition) is 4. The van der Waals surface area contributed by atoms with E-state index in [2.05, 4.69) is 0 Å². The molecule has 0 saturated carbocycles. The van der Waals surface area contributed by atoms with Crippen molar-refractivity contribution in [2.45, 2.75) is 6.10 Å². The van der Waals surface area contributed by atoms with Gasteiger partial charge in [-0.2, -0.15) is 0 Å². The monoisotopic (exact) mass is 318 g/mol. The van der Waals surface area contributed by atoms with Gasteiger partial charge in [0.2, 0.25) is 0 Å². The van der Waals surface area contributed by atoms with Gasteiger partial charge in [0.05, 0.1) is 18.6 Å². The molecule has 19 heavy (non-hydrogen) atoms. The maximum absolute atomic E-state index is 10.3. The maximum Gasteiger partial charge on any atom is 0.161 e. The lowest BCUT2D eigenvalue weighted by Crippen LogP contribution is -2.00. The summed E-state index contributed by atoms with van der Waals surface area (Å²) >= 11 is 13.1. The molecule has 0 fully saturated rings. The molecule has 102 valence electrons. The minimum absolute atomic E-state index is 0.479. The van der Waals surface area contributed by atoms with Crippen molar-refractivity contribution in [2.75, 3.05) is 14.2 Å². The number of ether oxygens (including phenoxy) is 2. The fraction of sp³-hybridized carbons (Fsp3) is 0.231. The van der Waals surface area contributed by atoms with Gasteiger partial charge >= 0.3 is 0 Å². The first-order valence-corrected chi connectivity index (χ1v) is 6.98. The van der Waals surface area contributed by atoms with Crippen molar-refractivity contribution in [2.24, 2.45) is 0 Å². The number of aliphatic hydroxyl groups is 1. The molecule has 0 saturated heterocycles. The first kappa shape index (κ1) is 14.5. The van der Waals surface area contributed by atoms with E-state index in [1.165, 1.54) is 11.3 Å². The van der Waals surface area contributed by atoms with Gasteiger partial charge in [0.25, 0.3) is 0 Å². The molecule has 3 nitrogen and oxygen atoms in total. The smallest absolute Gasteiger partial charge is 0.161 e. The molecular weight excluding hydrogens is 307 g/mol. The molecule has 1 atom stereocenters. The Morgan fingerprint density at radius 2 is 1.79 bits per heavy atom. The van der Waals surface area contributed by atoms with Gasteiger partial charge in [-0.15, -0.1) is 11.3 Å². The van der Waals surface area contributed by atoms with Crippen molar-refractivity contribution in [1.29, 1.82) is 0 Å². The Balaban J connectivity index is 2.39. The molecule has 0 bridgehead atoms. The third-order valence-corrected chi connectivity index (χ3v) is 4.22. The highest BCUT2D eigenvalue weighted by molar-refractivity contribution is 7.20. The van der Waals surface area contributed by atoms with Gasteiger partial charge in [0.1, 0.15) is 10.4 Å². The Morgan fingerprint density at radius 3 is 2.32 bits per heavy atom. The minimum atomic E-state index is -0.851. The van der Waals surface area contributed by atoms with Crippen LogP contribution in [-0.4, -0.2) is 19.3 Å². The van der Waals surface area contributed by atoms with Gasteiger partial charge in [-0.1, -0.05) is 29.3 Å². The molecule has 1 aromatic carbocycles. The van der Waals surface area contributed by atoms with Crippen LogP contribution in [0.5, 0.6) is 11.5 Å². The molecule has 1 heterocycles. The van der Waals surface area contributed by atoms with E-state index in [1.54, 1.807) is 38.5 Å². The molecule has 1 unspecified atom stereocenters. The van der Waals surface area contributed by atoms with Crippen molar-refractivity contribution in [3.05, 3.63) is 44.1 Å². The molecule has 0 spiro atoms. The Kier molecular flexibility index (Phi) is 4.58. The summed E-state index contributed by atoms with van der Waals surface area (Å²) in [6.45, 7) is 0. The molecule has 0 aliphatic heterocycles. The van der Waals surface area contributed by atoms with E-state index in [1.807, 2.05) is 0 Å². The van der Waals surface area contributed by atoms with Crippen molar-refractivity contribution in [3.8, 4) is 11.5 Å². The number of aliphatic hydroxyl groups excluding tert-OH is 1. The number of thiophene rings is 1. The second-order valence-electron chi connectivity index (χ2n) is 3.80. The summed E-state index contributed by atoms with van der Waals surface area (Å²) in [5.74, 6) is 1.16. The molecule has 1 aromatic heterocycles. The minimum Gasteiger partial charge on any atom is -0.493 e. The average molecular weight is 319 g/mol. The molecule has 0 aliphatic carbocycles. The SMILES string of the molecule is COc1ccc(C(O)c2cc(Cl)sc2Cl)cc1OC. The molecule has 6 heteroatoms. The topological polar surface area (TPSA) is 38.7 Å². The number of halogens is 2. The zero-order chi connectivity index (χ0) is 14.0. The molecule has 0 amide bonds. The largest absolute Gasteiger partial charge is 0.493 e. The van der Waals surface area contributed by atoms with Gasteiger partial charge < -0.3 is 14.6 Å². The van der Waals surface area contributed by atoms with Crippen LogP contribution in [0.25, 0.3) is 0 Å². The van der Waals surface area contributed by atoms with Crippen LogP contribution >= 0.6 is 34.5 Å². The predicted octanol–water partition coefficient (Wildman–Crippen LogP) is 4.15. The zero-order valence-corrected chi connectivity index (χ0v) is 12.6. The molecule has 2 aromatic rings. The average Bonchev–Trinajstić information content (AvgIpc) is 2.76. The van der Waals surface area contributed by atoms with E-state index in [0.717, 1.165) is 0 Å². The van der Waals surface area contributed by atoms with Crippen LogP contribution in [0.1, 0.15) is 17.2 Å². The van der Waals surface area contributed by atoms with E-state index in [4.69, 9.17) is 32.7 Å². The second-order valence-corrected chi connectivity index (χ2v) is 6.08. The Bertz CT molecular complexity index is 583. The third-order valence-electron chi connectivity index (χ3n) is 2.70. The Hall–Kier alpha value is -0.940. The van der Waals surface area contributed by atoms with Crippen LogP contribution in [0.4, 0.5) is 0 Å². The number of hydrogen-bond donors (Lipinski definition) is 1. The number of rotatable bonds is 4. The van der Waals surface area contributed by atoms with Crippen LogP contribution in [-0.2, 0) is 0 Å². The summed E-state index contributed by atoms with van der Waals surface area (Å²) in [5.41, 5.74) is 1.25. The molecule has 1 N–H and O–H groups in total. The predicted molar refractivity (Wildman–Crippen MR) is 77.9 cm³/mol. The summed E-state index contributed by atoms with van der Waals surface area (Å²) in [6, 6.07) is 6.87. The Labute approximate surface area is 125 Å². The highest BCUT2D eigenvalue weighted by Gasteiger charge is 2.18. The van der Waals surface area contributed by atoms with Gasteiger partial charge in [0, 0.05) is 5.56 Å². The van der Waals surface area contributed by atoms with Crippen molar-refractivity contribution >= 4 is 34.5 Å². The first-order valence-electron chi connectivity index (χ1n) is 5.41. The number of methoxy groups -OCH3 is 2. The summed E-state index contributed by atoms with van der Waals surface area (Å²) in [5, 5.41) is 10.3. The van der Waals surface area contributed by atoms with E-state index in [9.17, 15) is 5.11 Å². The van der Waals surface area contributed by atoms with Crippen LogP contribution < -0.4 is 9.47 Å². The van der Waals surface area contributed by atoms with Crippen molar-refractivity contribution in [3.63, 3.8) is 0 Å². The maximum atomic E-state index is 10.3. The van der Waals surface area contributed by atoms with E-state index < -0.39 is 6.10 Å². The lowest BCUT2D eigenvalue weighted by Gasteiger charge is -2.13. The van der Waals surface area contributed by atoms with Crippen molar-refractivity contribution < 1.29 is 14.6 Å². The normalized spacial score (nSPS) is 12.3. The highest BCUT2D eigenvalue weighted by atomic mass is 35.5. The van der Waals surface area contributed by atoms with Crippen LogP contribution in [0, 0.1) is 0 Å². The summed E-state index contributed by atoms with van der Waals surface area (Å²) in [7, 11) is 3.10. The second kappa shape index (κ2) is 6.01. The summed E-state index contributed by atoms with van der Waals surface area (Å²) in [6.07, 6.45) is -0.851. The number of benzene rings is 1. The standard InChI is InChI=1S/C13H12Cl2O3S/c1-17-9-4-3-7(5-10(9)18-2)12(16)8-6-11(14)19-13(8)15/h3-6,12,16H,1-2H3. The lowest BCUT2D eigenvalue weighted by molar-refractivity contribution is 0.220. The molecular formula is C13H12Cl2O3S. The van der Waals surface area contributed by atoms with E-state index in [-0.39, 0.29) is 0 Å². The van der Waals surface area contributed by atoms with Crippen LogP contribution in [0.15, 0.2) is 24.3 Å². The van der Waals surface area contributed by atoms with Crippen molar-refractivity contribution in [1.82, 2.24) is 0 Å². The van der Waals surface area contributed by atoms with Gasteiger partial charge in [-0.3, -0.25) is 0 Å². The fourth-order valence-corrected chi connectivity index (χ4v) is 3.26. The highest BCUT2D eigenvalue weighted by Crippen LogP contribution is 2.39. The van der Waals surface area contributed by atoms with Gasteiger partial charge in [0.15, 0.2) is 11.5 Å². The molecule has 2 rings (SSSR count). The lowest BCUT2D eigenvalue weighted by atomic mass is 10.0. The Morgan fingerprint density at radius 1 is 1.11 bits per heavy atom. The van der Waals surface area contributed by atoms with E-state index in [0.29, 0.717) is 31.3 Å². The van der Waals surface area contributed by atoms with E-state index >= 15 is 0 Å². The molecule has 0 radical (unpaired) electrons. The van der Waals surface area contributed by atoms with Crippen LogP contribution in [0.2, 0.25) is 8.67 Å². The first-order chi connectivity index (χ1) is 9.06. The van der Waals surface area contributed by atoms with Gasteiger partial charge in [-0.25, -0.2) is 0 Å². The third kappa shape index (κ3) is 2.98.